The molecule has 0 spiro atoms. The van der Waals surface area contributed by atoms with E-state index in [1.807, 2.05) is 18.2 Å². The van der Waals surface area contributed by atoms with Gasteiger partial charge in [-0.15, -0.1) is 0 Å². The van der Waals surface area contributed by atoms with E-state index in [1.165, 1.54) is 0 Å². The van der Waals surface area contributed by atoms with Crippen molar-refractivity contribution in [3.63, 3.8) is 0 Å². The Morgan fingerprint density at radius 3 is 2.66 bits per heavy atom. The fraction of sp³-hybridized carbons (Fsp3) is 0.208. The second-order valence-corrected chi connectivity index (χ2v) is 7.76. The molecule has 158 valence electrons. The van der Waals surface area contributed by atoms with Gasteiger partial charge in [0.15, 0.2) is 5.76 Å². The maximum absolute atomic E-state index is 10.1. The van der Waals surface area contributed by atoms with E-state index < -0.39 is 5.41 Å². The van der Waals surface area contributed by atoms with Gasteiger partial charge in [-0.2, -0.15) is 5.26 Å². The lowest BCUT2D eigenvalue weighted by Crippen LogP contribution is -2.39. The minimum atomic E-state index is -0.593. The molecule has 1 aliphatic heterocycles. The summed E-state index contributed by atoms with van der Waals surface area (Å²) < 4.78 is 5.48. The number of hydrogen-bond donors (Lipinski definition) is 2. The average Bonchev–Trinajstić information content (AvgIpc) is 3.35. The van der Waals surface area contributed by atoms with E-state index in [0.717, 1.165) is 37.2 Å². The first-order chi connectivity index (χ1) is 15.7. The number of aromatic hydroxyl groups is 1. The van der Waals surface area contributed by atoms with Gasteiger partial charge in [-0.3, -0.25) is 9.97 Å². The highest BCUT2D eigenvalue weighted by Crippen LogP contribution is 2.34. The van der Waals surface area contributed by atoms with Gasteiger partial charge < -0.3 is 14.9 Å². The van der Waals surface area contributed by atoms with E-state index in [2.05, 4.69) is 26.5 Å². The van der Waals surface area contributed by atoms with Crippen LogP contribution in [0.25, 0.3) is 34.0 Å². The smallest absolute Gasteiger partial charge is 0.187 e. The minimum absolute atomic E-state index is 0.126. The Labute approximate surface area is 184 Å². The van der Waals surface area contributed by atoms with Gasteiger partial charge in [0.05, 0.1) is 29.9 Å². The molecule has 5 rings (SSSR count). The van der Waals surface area contributed by atoms with E-state index in [0.29, 0.717) is 28.4 Å². The van der Waals surface area contributed by atoms with Gasteiger partial charge in [-0.1, -0.05) is 17.3 Å². The lowest BCUT2D eigenvalue weighted by Gasteiger charge is -2.30. The van der Waals surface area contributed by atoms with Crippen LogP contribution in [0.5, 0.6) is 5.75 Å². The van der Waals surface area contributed by atoms with Crippen LogP contribution in [0, 0.1) is 11.3 Å². The van der Waals surface area contributed by atoms with Crippen LogP contribution < -0.4 is 5.32 Å². The quantitative estimate of drug-likeness (QED) is 0.509. The number of hydrogen-bond acceptors (Lipinski definition) is 8. The van der Waals surface area contributed by atoms with E-state index in [9.17, 15) is 10.4 Å². The Morgan fingerprint density at radius 1 is 1.03 bits per heavy atom. The Balaban J connectivity index is 1.48. The number of para-hydroxylation sites is 1. The van der Waals surface area contributed by atoms with Crippen molar-refractivity contribution in [2.24, 2.45) is 0 Å². The standard InChI is InChI=1S/C24H20N6O2/c25-15-24(6-9-26-10-7-24)23-11-16(5-8-28-23)19-13-27-14-20(29-19)22-12-18(30-32-22)17-3-1-2-4-21(17)31/h1-5,8,11-14,26,31H,6-7,9-10H2. The predicted molar refractivity (Wildman–Crippen MR) is 117 cm³/mol. The van der Waals surface area contributed by atoms with Crippen LogP contribution in [0.15, 0.2) is 65.6 Å². The summed E-state index contributed by atoms with van der Waals surface area (Å²) in [6.07, 6.45) is 6.43. The highest BCUT2D eigenvalue weighted by molar-refractivity contribution is 5.70. The van der Waals surface area contributed by atoms with Gasteiger partial charge in [-0.25, -0.2) is 4.98 Å². The molecule has 0 unspecified atom stereocenters. The summed E-state index contributed by atoms with van der Waals surface area (Å²) in [5.41, 5.74) is 3.25. The van der Waals surface area contributed by atoms with Crippen LogP contribution in [0.2, 0.25) is 0 Å². The monoisotopic (exact) mass is 424 g/mol. The average molecular weight is 424 g/mol. The number of phenolic OH excluding ortho intramolecular Hbond substituents is 1. The highest BCUT2D eigenvalue weighted by atomic mass is 16.5. The van der Waals surface area contributed by atoms with Crippen LogP contribution in [-0.2, 0) is 5.41 Å². The summed E-state index contributed by atoms with van der Waals surface area (Å²) >= 11 is 0. The number of nitrogens with one attached hydrogen (secondary N) is 1. The van der Waals surface area contributed by atoms with E-state index >= 15 is 0 Å². The largest absolute Gasteiger partial charge is 0.507 e. The van der Waals surface area contributed by atoms with Gasteiger partial charge in [0.1, 0.15) is 22.6 Å². The lowest BCUT2D eigenvalue weighted by molar-refractivity contribution is 0.375. The molecule has 8 nitrogen and oxygen atoms in total. The summed E-state index contributed by atoms with van der Waals surface area (Å²) in [5.74, 6) is 0.569. The normalized spacial score (nSPS) is 15.2. The van der Waals surface area contributed by atoms with Crippen molar-refractivity contribution < 1.29 is 9.63 Å². The van der Waals surface area contributed by atoms with Gasteiger partial charge in [0.25, 0.3) is 0 Å². The van der Waals surface area contributed by atoms with Crippen molar-refractivity contribution in [2.45, 2.75) is 18.3 Å². The van der Waals surface area contributed by atoms with Crippen LogP contribution in [0.3, 0.4) is 0 Å². The Kier molecular flexibility index (Phi) is 5.09. The molecule has 0 amide bonds. The van der Waals surface area contributed by atoms with Crippen LogP contribution in [-0.4, -0.2) is 38.3 Å². The van der Waals surface area contributed by atoms with Gasteiger partial charge in [0, 0.05) is 23.4 Å². The van der Waals surface area contributed by atoms with Crippen molar-refractivity contribution in [2.75, 3.05) is 13.1 Å². The summed E-state index contributed by atoms with van der Waals surface area (Å²) in [7, 11) is 0. The number of nitrogens with zero attached hydrogens (tertiary/aromatic N) is 5. The molecule has 0 saturated carbocycles. The maximum Gasteiger partial charge on any atom is 0.187 e. The fourth-order valence-corrected chi connectivity index (χ4v) is 3.97. The summed E-state index contributed by atoms with van der Waals surface area (Å²) in [4.78, 5) is 13.5. The second-order valence-electron chi connectivity index (χ2n) is 7.76. The third kappa shape index (κ3) is 3.59. The molecule has 0 aliphatic carbocycles. The van der Waals surface area contributed by atoms with Crippen molar-refractivity contribution in [1.29, 1.82) is 5.26 Å². The van der Waals surface area contributed by atoms with Crippen molar-refractivity contribution in [1.82, 2.24) is 25.4 Å². The zero-order chi connectivity index (χ0) is 22.0. The third-order valence-electron chi connectivity index (χ3n) is 5.79. The first kappa shape index (κ1) is 19.8. The minimum Gasteiger partial charge on any atom is -0.507 e. The molecular weight excluding hydrogens is 404 g/mol. The number of piperidine rings is 1. The molecule has 1 aromatic carbocycles. The molecule has 8 heteroatoms. The molecule has 32 heavy (non-hydrogen) atoms. The molecule has 0 radical (unpaired) electrons. The SMILES string of the molecule is N#CC1(c2cc(-c3cncc(-c4cc(-c5ccccc5O)no4)n3)ccn2)CCNCC1. The van der Waals surface area contributed by atoms with Crippen LogP contribution >= 0.6 is 0 Å². The number of aromatic nitrogens is 4. The molecule has 1 fully saturated rings. The fourth-order valence-electron chi connectivity index (χ4n) is 3.97. The molecule has 3 aromatic heterocycles. The number of phenols is 1. The molecule has 1 saturated heterocycles. The molecule has 1 aliphatic rings. The van der Waals surface area contributed by atoms with E-state index in [-0.39, 0.29) is 5.75 Å². The van der Waals surface area contributed by atoms with E-state index in [4.69, 9.17) is 9.51 Å². The first-order valence-corrected chi connectivity index (χ1v) is 10.3. The molecular formula is C24H20N6O2. The number of pyridine rings is 1. The Morgan fingerprint density at radius 2 is 1.84 bits per heavy atom. The van der Waals surface area contributed by atoms with Crippen molar-refractivity contribution in [3.8, 4) is 45.8 Å². The second kappa shape index (κ2) is 8.21. The zero-order valence-corrected chi connectivity index (χ0v) is 17.2. The molecule has 0 bridgehead atoms. The molecule has 0 atom stereocenters. The van der Waals surface area contributed by atoms with Crippen molar-refractivity contribution >= 4 is 0 Å². The summed E-state index contributed by atoms with van der Waals surface area (Å²) in [6, 6.07) is 14.9. The first-order valence-electron chi connectivity index (χ1n) is 10.3. The lowest BCUT2D eigenvalue weighted by atomic mass is 9.77. The predicted octanol–water partition coefficient (Wildman–Crippen LogP) is 3.71. The number of benzene rings is 1. The molecule has 4 heterocycles. The summed E-state index contributed by atoms with van der Waals surface area (Å²) in [5, 5.41) is 27.3. The zero-order valence-electron chi connectivity index (χ0n) is 17.2. The number of rotatable bonds is 4. The molecule has 4 aromatic rings. The Bertz CT molecular complexity index is 1300. The Hall–Kier alpha value is -4.09. The summed E-state index contributed by atoms with van der Waals surface area (Å²) in [6.45, 7) is 1.58. The highest BCUT2D eigenvalue weighted by Gasteiger charge is 2.35. The van der Waals surface area contributed by atoms with Crippen LogP contribution in [0.4, 0.5) is 0 Å². The van der Waals surface area contributed by atoms with Gasteiger partial charge in [-0.05, 0) is 50.2 Å². The molecule has 2 N–H and O–H groups in total. The van der Waals surface area contributed by atoms with E-state index in [1.54, 1.807) is 42.9 Å². The third-order valence-corrected chi connectivity index (χ3v) is 5.79. The topological polar surface area (TPSA) is 121 Å². The maximum atomic E-state index is 10.1. The van der Waals surface area contributed by atoms with Crippen LogP contribution in [0.1, 0.15) is 18.5 Å². The van der Waals surface area contributed by atoms with Crippen molar-refractivity contribution in [3.05, 3.63) is 66.7 Å². The number of nitriles is 1. The van der Waals surface area contributed by atoms with Gasteiger partial charge >= 0.3 is 0 Å². The van der Waals surface area contributed by atoms with Gasteiger partial charge in [0.2, 0.25) is 0 Å².